The summed E-state index contributed by atoms with van der Waals surface area (Å²) in [6.45, 7) is 4.47. The number of anilines is 2. The predicted octanol–water partition coefficient (Wildman–Crippen LogP) is 7.19. The van der Waals surface area contributed by atoms with E-state index in [2.05, 4.69) is 24.1 Å². The molecule has 0 bridgehead atoms. The number of nitrogens with one attached hydrogen (secondary N) is 1. The molecule has 1 amide bonds. The molecule has 5 heteroatoms. The van der Waals surface area contributed by atoms with Crippen molar-refractivity contribution in [1.82, 2.24) is 4.98 Å². The zero-order valence-electron chi connectivity index (χ0n) is 18.8. The smallest absolute Gasteiger partial charge is 0.237 e. The Balaban J connectivity index is 1.99. The SMILES string of the molecule is CCCCCCCCC(SCCCCCC)C(=O)Nc1c(N)ccc2ncccc12. The molecule has 0 aliphatic rings. The van der Waals surface area contributed by atoms with Gasteiger partial charge >= 0.3 is 0 Å². The van der Waals surface area contributed by atoms with Crippen molar-refractivity contribution in [2.24, 2.45) is 0 Å². The number of rotatable bonds is 15. The maximum atomic E-state index is 13.2. The fourth-order valence-electron chi connectivity index (χ4n) is 3.67. The van der Waals surface area contributed by atoms with Crippen LogP contribution in [-0.2, 0) is 4.79 Å². The van der Waals surface area contributed by atoms with Crippen LogP contribution in [0.1, 0.15) is 84.5 Å². The minimum absolute atomic E-state index is 0.0240. The van der Waals surface area contributed by atoms with Crippen LogP contribution in [0.3, 0.4) is 0 Å². The number of benzene rings is 1. The number of pyridine rings is 1. The van der Waals surface area contributed by atoms with Gasteiger partial charge in [0.05, 0.1) is 22.1 Å². The molecule has 0 saturated heterocycles. The highest BCUT2D eigenvalue weighted by Crippen LogP contribution is 2.30. The van der Waals surface area contributed by atoms with Crippen molar-refractivity contribution in [2.75, 3.05) is 16.8 Å². The standard InChI is InChI=1S/C25H39N3OS/c1-3-5-7-9-10-11-15-23(30-19-12-8-6-4-2)25(29)28-24-20-14-13-18-27-22(20)17-16-21(24)26/h13-14,16-18,23H,3-12,15,19,26H2,1-2H3,(H,28,29). The number of fused-ring (bicyclic) bond motifs is 1. The van der Waals surface area contributed by atoms with Gasteiger partial charge in [0.25, 0.3) is 0 Å². The Morgan fingerprint density at radius 3 is 2.47 bits per heavy atom. The summed E-state index contributed by atoms with van der Waals surface area (Å²) in [7, 11) is 0. The van der Waals surface area contributed by atoms with E-state index in [0.29, 0.717) is 11.4 Å². The van der Waals surface area contributed by atoms with Crippen molar-refractivity contribution >= 4 is 39.9 Å². The van der Waals surface area contributed by atoms with Crippen LogP contribution in [0.5, 0.6) is 0 Å². The highest BCUT2D eigenvalue weighted by molar-refractivity contribution is 8.00. The van der Waals surface area contributed by atoms with E-state index >= 15 is 0 Å². The number of unbranched alkanes of at least 4 members (excludes halogenated alkanes) is 8. The van der Waals surface area contributed by atoms with Crippen molar-refractivity contribution in [3.05, 3.63) is 30.5 Å². The van der Waals surface area contributed by atoms with Gasteiger partial charge in [-0.15, -0.1) is 11.8 Å². The van der Waals surface area contributed by atoms with Gasteiger partial charge in [0.1, 0.15) is 0 Å². The zero-order chi connectivity index (χ0) is 21.6. The molecule has 3 N–H and O–H groups in total. The predicted molar refractivity (Wildman–Crippen MR) is 133 cm³/mol. The summed E-state index contributed by atoms with van der Waals surface area (Å²) in [5.41, 5.74) is 8.35. The molecule has 1 unspecified atom stereocenters. The molecule has 0 fully saturated rings. The van der Waals surface area contributed by atoms with Crippen molar-refractivity contribution in [3.63, 3.8) is 0 Å². The van der Waals surface area contributed by atoms with E-state index in [0.717, 1.165) is 29.5 Å². The summed E-state index contributed by atoms with van der Waals surface area (Å²) in [5, 5.41) is 4.02. The molecular formula is C25H39N3OS. The monoisotopic (exact) mass is 429 g/mol. The van der Waals surface area contributed by atoms with E-state index in [9.17, 15) is 4.79 Å². The molecule has 0 spiro atoms. The second kappa shape index (κ2) is 14.3. The fourth-order valence-corrected chi connectivity index (χ4v) is 4.87. The molecular weight excluding hydrogens is 390 g/mol. The Morgan fingerprint density at radius 1 is 1.00 bits per heavy atom. The average Bonchev–Trinajstić information content (AvgIpc) is 2.76. The Bertz CT molecular complexity index is 765. The third-order valence-electron chi connectivity index (χ3n) is 5.49. The first-order chi connectivity index (χ1) is 14.7. The first-order valence-electron chi connectivity index (χ1n) is 11.7. The highest BCUT2D eigenvalue weighted by Gasteiger charge is 2.20. The molecule has 0 aliphatic carbocycles. The van der Waals surface area contributed by atoms with Crippen LogP contribution in [-0.4, -0.2) is 21.9 Å². The number of aromatic nitrogens is 1. The van der Waals surface area contributed by atoms with Crippen molar-refractivity contribution in [1.29, 1.82) is 0 Å². The van der Waals surface area contributed by atoms with Crippen molar-refractivity contribution in [2.45, 2.75) is 89.7 Å². The zero-order valence-corrected chi connectivity index (χ0v) is 19.6. The first-order valence-corrected chi connectivity index (χ1v) is 12.8. The van der Waals surface area contributed by atoms with E-state index < -0.39 is 0 Å². The second-order valence-corrected chi connectivity index (χ2v) is 9.38. The quantitative estimate of drug-likeness (QED) is 0.232. The van der Waals surface area contributed by atoms with Crippen molar-refractivity contribution < 1.29 is 4.79 Å². The van der Waals surface area contributed by atoms with Crippen LogP contribution in [0, 0.1) is 0 Å². The Morgan fingerprint density at radius 2 is 1.70 bits per heavy atom. The summed E-state index contributed by atoms with van der Waals surface area (Å²) in [6.07, 6.45) is 15.1. The maximum absolute atomic E-state index is 13.2. The van der Waals surface area contributed by atoms with Gasteiger partial charge in [0, 0.05) is 11.6 Å². The number of nitrogens with zero attached hydrogens (tertiary/aromatic N) is 1. The summed E-state index contributed by atoms with van der Waals surface area (Å²) in [5.74, 6) is 1.12. The molecule has 2 aromatic rings. The van der Waals surface area contributed by atoms with E-state index in [1.54, 1.807) is 6.20 Å². The highest BCUT2D eigenvalue weighted by atomic mass is 32.2. The number of thioether (sulfide) groups is 1. The van der Waals surface area contributed by atoms with E-state index in [1.165, 1.54) is 57.8 Å². The second-order valence-electron chi connectivity index (χ2n) is 8.07. The number of hydrogen-bond donors (Lipinski definition) is 2. The third kappa shape index (κ3) is 8.17. The maximum Gasteiger partial charge on any atom is 0.237 e. The summed E-state index contributed by atoms with van der Waals surface area (Å²) in [6, 6.07) is 7.57. The molecule has 1 heterocycles. The normalized spacial score (nSPS) is 12.2. The lowest BCUT2D eigenvalue weighted by atomic mass is 10.1. The number of nitrogen functional groups attached to an aromatic ring is 1. The minimum atomic E-state index is -0.0240. The number of amides is 1. The molecule has 2 rings (SSSR count). The number of hydrogen-bond acceptors (Lipinski definition) is 4. The average molecular weight is 430 g/mol. The van der Waals surface area contributed by atoms with Crippen LogP contribution in [0.4, 0.5) is 11.4 Å². The molecule has 0 aliphatic heterocycles. The van der Waals surface area contributed by atoms with E-state index in [-0.39, 0.29) is 11.2 Å². The molecule has 1 atom stereocenters. The van der Waals surface area contributed by atoms with Gasteiger partial charge in [-0.1, -0.05) is 71.6 Å². The van der Waals surface area contributed by atoms with Gasteiger partial charge in [-0.3, -0.25) is 9.78 Å². The molecule has 4 nitrogen and oxygen atoms in total. The lowest BCUT2D eigenvalue weighted by molar-refractivity contribution is -0.115. The van der Waals surface area contributed by atoms with Gasteiger partial charge < -0.3 is 11.1 Å². The minimum Gasteiger partial charge on any atom is -0.397 e. The summed E-state index contributed by atoms with van der Waals surface area (Å²) < 4.78 is 0. The molecule has 1 aromatic heterocycles. The number of carbonyl (C=O) groups excluding carboxylic acids is 1. The molecule has 0 saturated carbocycles. The Kier molecular flexibility index (Phi) is 11.7. The summed E-state index contributed by atoms with van der Waals surface area (Å²) >= 11 is 1.81. The molecule has 166 valence electrons. The molecule has 30 heavy (non-hydrogen) atoms. The van der Waals surface area contributed by atoms with Crippen LogP contribution >= 0.6 is 11.8 Å². The van der Waals surface area contributed by atoms with E-state index in [1.807, 2.05) is 36.0 Å². The fraction of sp³-hybridized carbons (Fsp3) is 0.600. The topological polar surface area (TPSA) is 68.0 Å². The van der Waals surface area contributed by atoms with Crippen LogP contribution in [0.25, 0.3) is 10.9 Å². The van der Waals surface area contributed by atoms with Gasteiger partial charge in [0.2, 0.25) is 5.91 Å². The van der Waals surface area contributed by atoms with Gasteiger partial charge in [-0.05, 0) is 42.9 Å². The summed E-state index contributed by atoms with van der Waals surface area (Å²) in [4.78, 5) is 17.6. The van der Waals surface area contributed by atoms with E-state index in [4.69, 9.17) is 5.73 Å². The van der Waals surface area contributed by atoms with Gasteiger partial charge in [-0.25, -0.2) is 0 Å². The lowest BCUT2D eigenvalue weighted by Crippen LogP contribution is -2.26. The van der Waals surface area contributed by atoms with Crippen LogP contribution in [0.2, 0.25) is 0 Å². The Labute approximate surface area is 186 Å². The number of nitrogens with two attached hydrogens (primary N) is 1. The Hall–Kier alpha value is -1.75. The lowest BCUT2D eigenvalue weighted by Gasteiger charge is -2.18. The first kappa shape index (κ1) is 24.5. The van der Waals surface area contributed by atoms with Crippen LogP contribution < -0.4 is 11.1 Å². The molecule has 0 radical (unpaired) electrons. The van der Waals surface area contributed by atoms with Crippen LogP contribution in [0.15, 0.2) is 30.5 Å². The van der Waals surface area contributed by atoms with Crippen molar-refractivity contribution in [3.8, 4) is 0 Å². The molecule has 1 aromatic carbocycles. The van der Waals surface area contributed by atoms with Gasteiger partial charge in [-0.2, -0.15) is 0 Å². The largest absolute Gasteiger partial charge is 0.397 e. The number of carbonyl (C=O) groups is 1. The van der Waals surface area contributed by atoms with Gasteiger partial charge in [0.15, 0.2) is 0 Å². The third-order valence-corrected chi connectivity index (χ3v) is 6.87.